The number of rotatable bonds is 28. The van der Waals surface area contributed by atoms with Gasteiger partial charge in [-0.2, -0.15) is 0 Å². The van der Waals surface area contributed by atoms with Crippen molar-refractivity contribution in [1.29, 1.82) is 0 Å². The Kier molecular flexibility index (Phi) is 25.4. The first-order valence-corrected chi connectivity index (χ1v) is 17.9. The van der Waals surface area contributed by atoms with Crippen LogP contribution in [0.3, 0.4) is 0 Å². The Morgan fingerprint density at radius 2 is 1.31 bits per heavy atom. The molecule has 0 aliphatic rings. The molecule has 0 aromatic heterocycles. The number of unbranched alkanes of at least 4 members (excludes halogenated alkanes) is 11. The molecule has 0 saturated carbocycles. The molecule has 9 heteroatoms. The summed E-state index contributed by atoms with van der Waals surface area (Å²) in [6.07, 6.45) is 27.9. The standard InChI is InChI=1S/C33H63N2O6P/c1-6-8-10-12-14-16-17-18-19-20-22-24-26-32(36)31(30-41-42(38,39)40-29-28-35(3,4)5)34-33(37)27-25-23-21-15-13-11-9-7-2/h12,14,18-19,24,26,31-32,36H,6-11,13,15-17,20-23,25,27-30H2,1-5H3,(H-,34,37,38,39)/p+1/b14-12+,19-18+,26-24+. The molecule has 8 nitrogen and oxygen atoms in total. The van der Waals surface area contributed by atoms with E-state index in [4.69, 9.17) is 9.05 Å². The van der Waals surface area contributed by atoms with E-state index in [1.165, 1.54) is 44.9 Å². The van der Waals surface area contributed by atoms with E-state index in [1.807, 2.05) is 27.2 Å². The number of phosphoric ester groups is 1. The number of nitrogens with zero attached hydrogens (tertiary/aromatic N) is 1. The quantitative estimate of drug-likeness (QED) is 0.0362. The summed E-state index contributed by atoms with van der Waals surface area (Å²) >= 11 is 0. The molecule has 3 atom stereocenters. The summed E-state index contributed by atoms with van der Waals surface area (Å²) in [6.45, 7) is 4.65. The highest BCUT2D eigenvalue weighted by atomic mass is 31.2. The highest BCUT2D eigenvalue weighted by Crippen LogP contribution is 2.43. The van der Waals surface area contributed by atoms with E-state index in [9.17, 15) is 19.4 Å². The maximum Gasteiger partial charge on any atom is 0.472 e. The van der Waals surface area contributed by atoms with Gasteiger partial charge in [-0.25, -0.2) is 4.57 Å². The van der Waals surface area contributed by atoms with E-state index >= 15 is 0 Å². The summed E-state index contributed by atoms with van der Waals surface area (Å²) in [5.41, 5.74) is 0. The zero-order valence-corrected chi connectivity index (χ0v) is 28.4. The van der Waals surface area contributed by atoms with Gasteiger partial charge in [0, 0.05) is 6.42 Å². The molecule has 0 spiro atoms. The van der Waals surface area contributed by atoms with Gasteiger partial charge in [-0.1, -0.05) is 108 Å². The maximum atomic E-state index is 12.6. The Bertz CT molecular complexity index is 794. The second-order valence-electron chi connectivity index (χ2n) is 12.2. The summed E-state index contributed by atoms with van der Waals surface area (Å²) in [6, 6.07) is -0.861. The smallest absolute Gasteiger partial charge is 0.387 e. The fraction of sp³-hybridized carbons (Fsp3) is 0.788. The molecular formula is C33H64N2O6P+. The van der Waals surface area contributed by atoms with E-state index in [-0.39, 0.29) is 19.1 Å². The van der Waals surface area contributed by atoms with Crippen LogP contribution in [0, 0.1) is 0 Å². The first-order chi connectivity index (χ1) is 20.0. The fourth-order valence-corrected chi connectivity index (χ4v) is 4.85. The number of phosphoric acid groups is 1. The molecule has 0 aliphatic heterocycles. The number of carbonyl (C=O) groups excluding carboxylic acids is 1. The van der Waals surface area contributed by atoms with Crippen molar-refractivity contribution >= 4 is 13.7 Å². The van der Waals surface area contributed by atoms with Gasteiger partial charge in [0.05, 0.1) is 39.9 Å². The largest absolute Gasteiger partial charge is 0.472 e. The van der Waals surface area contributed by atoms with Crippen LogP contribution in [0.2, 0.25) is 0 Å². The molecule has 0 aliphatic carbocycles. The van der Waals surface area contributed by atoms with Gasteiger partial charge in [0.2, 0.25) is 5.91 Å². The van der Waals surface area contributed by atoms with Gasteiger partial charge in [0.1, 0.15) is 13.2 Å². The summed E-state index contributed by atoms with van der Waals surface area (Å²) in [5, 5.41) is 13.6. The van der Waals surface area contributed by atoms with E-state index in [1.54, 1.807) is 6.08 Å². The average Bonchev–Trinajstić information content (AvgIpc) is 2.92. The van der Waals surface area contributed by atoms with Crippen LogP contribution in [-0.2, 0) is 18.4 Å². The highest BCUT2D eigenvalue weighted by Gasteiger charge is 2.27. The van der Waals surface area contributed by atoms with Crippen LogP contribution < -0.4 is 5.32 Å². The topological polar surface area (TPSA) is 105 Å². The lowest BCUT2D eigenvalue weighted by Gasteiger charge is -2.25. The van der Waals surface area contributed by atoms with Crippen molar-refractivity contribution in [1.82, 2.24) is 5.32 Å². The Balaban J connectivity index is 4.74. The number of hydrogen-bond donors (Lipinski definition) is 3. The molecule has 0 heterocycles. The Hall–Kier alpha value is -1.28. The van der Waals surface area contributed by atoms with Gasteiger partial charge in [-0.05, 0) is 38.5 Å². The summed E-state index contributed by atoms with van der Waals surface area (Å²) in [7, 11) is 1.54. The van der Waals surface area contributed by atoms with E-state index < -0.39 is 20.0 Å². The number of carbonyl (C=O) groups is 1. The normalized spacial score (nSPS) is 15.5. The van der Waals surface area contributed by atoms with E-state index in [2.05, 4.69) is 43.5 Å². The van der Waals surface area contributed by atoms with Crippen molar-refractivity contribution in [3.8, 4) is 0 Å². The molecule has 0 radical (unpaired) electrons. The van der Waals surface area contributed by atoms with Crippen LogP contribution in [0.4, 0.5) is 0 Å². The zero-order chi connectivity index (χ0) is 31.5. The van der Waals surface area contributed by atoms with Gasteiger partial charge >= 0.3 is 7.82 Å². The fourth-order valence-electron chi connectivity index (χ4n) is 4.11. The van der Waals surface area contributed by atoms with Crippen LogP contribution in [0.5, 0.6) is 0 Å². The molecule has 42 heavy (non-hydrogen) atoms. The number of nitrogens with one attached hydrogen (secondary N) is 1. The van der Waals surface area contributed by atoms with Crippen molar-refractivity contribution in [2.45, 2.75) is 129 Å². The van der Waals surface area contributed by atoms with Gasteiger partial charge in [0.25, 0.3) is 0 Å². The Morgan fingerprint density at radius 3 is 1.88 bits per heavy atom. The lowest BCUT2D eigenvalue weighted by molar-refractivity contribution is -0.870. The molecule has 0 fully saturated rings. The average molecular weight is 616 g/mol. The lowest BCUT2D eigenvalue weighted by atomic mass is 10.1. The summed E-state index contributed by atoms with van der Waals surface area (Å²) < 4.78 is 23.3. The van der Waals surface area contributed by atoms with Crippen LogP contribution in [-0.4, -0.2) is 73.4 Å². The SMILES string of the molecule is CCCC/C=C/CC/C=C/CC/C=C/C(O)C(COP(=O)(O)OCC[N+](C)(C)C)NC(=O)CCCCCCCCCC. The van der Waals surface area contributed by atoms with E-state index in [0.29, 0.717) is 17.4 Å². The highest BCUT2D eigenvalue weighted by molar-refractivity contribution is 7.47. The third-order valence-electron chi connectivity index (χ3n) is 6.84. The Labute approximate surface area is 257 Å². The molecular weight excluding hydrogens is 551 g/mol. The predicted octanol–water partition coefficient (Wildman–Crippen LogP) is 7.62. The first kappa shape index (κ1) is 40.7. The zero-order valence-electron chi connectivity index (χ0n) is 27.5. The van der Waals surface area contributed by atoms with Gasteiger partial charge in [-0.3, -0.25) is 13.8 Å². The number of likely N-dealkylation sites (N-methyl/N-ethyl adjacent to an activating group) is 1. The molecule has 0 aromatic carbocycles. The van der Waals surface area contributed by atoms with E-state index in [0.717, 1.165) is 51.4 Å². The second-order valence-corrected chi connectivity index (χ2v) is 13.6. The second kappa shape index (κ2) is 26.2. The lowest BCUT2D eigenvalue weighted by Crippen LogP contribution is -2.45. The number of hydrogen-bond acceptors (Lipinski definition) is 5. The number of quaternary nitrogens is 1. The molecule has 1 amide bonds. The molecule has 0 rings (SSSR count). The summed E-state index contributed by atoms with van der Waals surface area (Å²) in [4.78, 5) is 22.8. The van der Waals surface area contributed by atoms with Crippen LogP contribution >= 0.6 is 7.82 Å². The molecule has 0 aromatic rings. The van der Waals surface area contributed by atoms with Gasteiger partial charge in [-0.15, -0.1) is 0 Å². The van der Waals surface area contributed by atoms with Crippen molar-refractivity contribution < 1.29 is 32.9 Å². The Morgan fingerprint density at radius 1 is 0.786 bits per heavy atom. The van der Waals surface area contributed by atoms with Crippen molar-refractivity contribution in [3.05, 3.63) is 36.5 Å². The monoisotopic (exact) mass is 615 g/mol. The molecule has 3 unspecified atom stereocenters. The first-order valence-electron chi connectivity index (χ1n) is 16.4. The van der Waals surface area contributed by atoms with Gasteiger partial charge in [0.15, 0.2) is 0 Å². The number of aliphatic hydroxyl groups excluding tert-OH is 1. The predicted molar refractivity (Wildman–Crippen MR) is 175 cm³/mol. The molecule has 0 saturated heterocycles. The number of amides is 1. The van der Waals surface area contributed by atoms with Crippen molar-refractivity contribution in [3.63, 3.8) is 0 Å². The maximum absolute atomic E-state index is 12.6. The molecule has 0 bridgehead atoms. The van der Waals surface area contributed by atoms with Crippen LogP contribution in [0.1, 0.15) is 117 Å². The third kappa shape index (κ3) is 27.5. The van der Waals surface area contributed by atoms with Crippen molar-refractivity contribution in [2.75, 3.05) is 40.9 Å². The van der Waals surface area contributed by atoms with Crippen LogP contribution in [0.15, 0.2) is 36.5 Å². The number of allylic oxidation sites excluding steroid dienone is 5. The van der Waals surface area contributed by atoms with Crippen molar-refractivity contribution in [2.24, 2.45) is 0 Å². The molecule has 3 N–H and O–H groups in total. The molecule has 246 valence electrons. The third-order valence-corrected chi connectivity index (χ3v) is 7.82. The number of aliphatic hydroxyl groups is 1. The minimum atomic E-state index is -4.33. The van der Waals surface area contributed by atoms with Crippen LogP contribution in [0.25, 0.3) is 0 Å². The minimum absolute atomic E-state index is 0.0534. The minimum Gasteiger partial charge on any atom is -0.387 e. The summed E-state index contributed by atoms with van der Waals surface area (Å²) in [5.74, 6) is -0.201. The van der Waals surface area contributed by atoms with Gasteiger partial charge < -0.3 is 19.8 Å².